The molecule has 1 aliphatic heterocycles. The lowest BCUT2D eigenvalue weighted by Crippen LogP contribution is -2.42. The maximum Gasteiger partial charge on any atom is 0.407 e. The lowest BCUT2D eigenvalue weighted by Gasteiger charge is -2.20. The van der Waals surface area contributed by atoms with Gasteiger partial charge in [0.05, 0.1) is 18.2 Å². The number of carbonyl (C=O) groups excluding carboxylic acids is 4. The zero-order chi connectivity index (χ0) is 37.7. The van der Waals surface area contributed by atoms with Crippen molar-refractivity contribution in [3.8, 4) is 0 Å². The van der Waals surface area contributed by atoms with E-state index in [0.29, 0.717) is 24.2 Å². The van der Waals surface area contributed by atoms with Crippen LogP contribution in [0.15, 0.2) is 54.7 Å². The topological polar surface area (TPSA) is 193 Å². The van der Waals surface area contributed by atoms with Gasteiger partial charge in [-0.3, -0.25) is 20.4 Å². The minimum absolute atomic E-state index is 0.0515. The first kappa shape index (κ1) is 39.5. The third-order valence-corrected chi connectivity index (χ3v) is 8.29. The van der Waals surface area contributed by atoms with Crippen molar-refractivity contribution < 1.29 is 33.8 Å². The highest BCUT2D eigenvalue weighted by Crippen LogP contribution is 2.37. The van der Waals surface area contributed by atoms with Gasteiger partial charge in [-0.2, -0.15) is 4.98 Å². The average molecular weight is 718 g/mol. The molecule has 2 heterocycles. The summed E-state index contributed by atoms with van der Waals surface area (Å²) < 4.78 is 10.7. The molecule has 1 aliphatic rings. The number of hydrogen-bond donors (Lipinski definition) is 6. The minimum Gasteiger partial charge on any atom is -0.451 e. The molecule has 0 radical (unpaired) electrons. The van der Waals surface area contributed by atoms with Crippen LogP contribution >= 0.6 is 0 Å². The van der Waals surface area contributed by atoms with E-state index in [2.05, 4.69) is 36.8 Å². The number of esters is 1. The molecule has 1 atom stereocenters. The van der Waals surface area contributed by atoms with Crippen LogP contribution < -0.4 is 26.8 Å². The Bertz CT molecular complexity index is 1690. The lowest BCUT2D eigenvalue weighted by molar-refractivity contribution is -0.122. The van der Waals surface area contributed by atoms with E-state index in [1.54, 1.807) is 18.2 Å². The van der Waals surface area contributed by atoms with Crippen LogP contribution in [0.1, 0.15) is 124 Å². The van der Waals surface area contributed by atoms with E-state index in [1.807, 2.05) is 65.0 Å². The molecule has 3 amide bonds. The summed E-state index contributed by atoms with van der Waals surface area (Å²) >= 11 is 0. The Morgan fingerprint density at radius 1 is 0.942 bits per heavy atom. The number of nitrogens with zero attached hydrogens (tertiary/aromatic N) is 2. The van der Waals surface area contributed by atoms with E-state index >= 15 is 0 Å². The van der Waals surface area contributed by atoms with E-state index < -0.39 is 29.2 Å². The first-order valence-corrected chi connectivity index (χ1v) is 17.8. The highest BCUT2D eigenvalue weighted by molar-refractivity contribution is 5.99. The molecule has 4 rings (SSSR count). The van der Waals surface area contributed by atoms with Crippen molar-refractivity contribution in [3.05, 3.63) is 77.0 Å². The Balaban J connectivity index is 1.28. The van der Waals surface area contributed by atoms with Gasteiger partial charge in [-0.1, -0.05) is 62.4 Å². The van der Waals surface area contributed by atoms with Gasteiger partial charge in [-0.25, -0.2) is 14.6 Å². The molecular weight excluding hydrogens is 666 g/mol. The molecule has 2 aromatic carbocycles. The fraction of sp³-hybridized carbons (Fsp3) is 0.474. The third-order valence-electron chi connectivity index (χ3n) is 8.29. The summed E-state index contributed by atoms with van der Waals surface area (Å²) in [4.78, 5) is 58.6. The number of aliphatic hydroxyl groups excluding tert-OH is 1. The largest absolute Gasteiger partial charge is 0.451 e. The number of ether oxygens (including phenoxy) is 2. The highest BCUT2D eigenvalue weighted by Gasteiger charge is 2.37. The number of rotatable bonds is 17. The standard InChI is InChI=1S/C38H51N7O7/c1-37(2,3)52-36(50)39-21-15-10-8-6-7-9-14-18-31(47)44-45-33(48)28-23-40-35(43-32(28)42-30(24-46)25-16-12-11-13-17-25)41-26-19-20-27-29(22-26)38(4,5)51-34(27)49/h11-13,16-17,19-20,22-23,30,46H,6-10,14-15,18,21,24H2,1-5H3,(H,39,50)(H,44,47)(H,45,48)(H2,40,41,42,43)/t30-/m1/s1. The molecule has 14 nitrogen and oxygen atoms in total. The number of nitrogens with one attached hydrogen (secondary N) is 5. The van der Waals surface area contributed by atoms with Crippen molar-refractivity contribution in [2.24, 2.45) is 0 Å². The Morgan fingerprint density at radius 2 is 1.63 bits per heavy atom. The molecule has 280 valence electrons. The Kier molecular flexibility index (Phi) is 13.9. The van der Waals surface area contributed by atoms with Gasteiger partial charge in [-0.15, -0.1) is 0 Å². The number of aliphatic hydroxyl groups is 1. The lowest BCUT2D eigenvalue weighted by atomic mass is 9.95. The van der Waals surface area contributed by atoms with Gasteiger partial charge in [0.25, 0.3) is 5.91 Å². The summed E-state index contributed by atoms with van der Waals surface area (Å²) in [7, 11) is 0. The van der Waals surface area contributed by atoms with Crippen LogP contribution in [0.4, 0.5) is 22.2 Å². The minimum atomic E-state index is -0.793. The maximum absolute atomic E-state index is 13.3. The molecule has 0 fully saturated rings. The predicted molar refractivity (Wildman–Crippen MR) is 197 cm³/mol. The Morgan fingerprint density at radius 3 is 2.33 bits per heavy atom. The summed E-state index contributed by atoms with van der Waals surface area (Å²) in [6.07, 6.45) is 7.65. The first-order valence-electron chi connectivity index (χ1n) is 17.8. The van der Waals surface area contributed by atoms with Crippen molar-refractivity contribution >= 4 is 41.3 Å². The number of hydrogen-bond acceptors (Lipinski definition) is 11. The van der Waals surface area contributed by atoms with Crippen LogP contribution in [-0.4, -0.2) is 57.7 Å². The molecule has 0 aliphatic carbocycles. The predicted octanol–water partition coefficient (Wildman–Crippen LogP) is 6.18. The Labute approximate surface area is 304 Å². The number of benzene rings is 2. The smallest absolute Gasteiger partial charge is 0.407 e. The molecule has 14 heteroatoms. The van der Waals surface area contributed by atoms with Gasteiger partial charge in [0, 0.05) is 30.4 Å². The molecule has 0 saturated heterocycles. The van der Waals surface area contributed by atoms with Crippen LogP contribution in [0.2, 0.25) is 0 Å². The van der Waals surface area contributed by atoms with Crippen molar-refractivity contribution in [2.45, 2.75) is 103 Å². The number of carbonyl (C=O) groups is 4. The molecule has 0 saturated carbocycles. The zero-order valence-electron chi connectivity index (χ0n) is 30.6. The quantitative estimate of drug-likeness (QED) is 0.0531. The summed E-state index contributed by atoms with van der Waals surface area (Å²) in [6.45, 7) is 9.40. The van der Waals surface area contributed by atoms with Crippen LogP contribution in [-0.2, 0) is 19.9 Å². The number of anilines is 3. The van der Waals surface area contributed by atoms with Crippen LogP contribution in [0.3, 0.4) is 0 Å². The number of amides is 3. The summed E-state index contributed by atoms with van der Waals surface area (Å²) in [5.74, 6) is -1.05. The molecule has 0 unspecified atom stereocenters. The molecular formula is C38H51N7O7. The molecule has 0 bridgehead atoms. The van der Waals surface area contributed by atoms with Crippen LogP contribution in [0.25, 0.3) is 0 Å². The fourth-order valence-corrected chi connectivity index (χ4v) is 5.63. The van der Waals surface area contributed by atoms with Gasteiger partial charge in [-0.05, 0) is 71.2 Å². The van der Waals surface area contributed by atoms with E-state index in [0.717, 1.165) is 49.7 Å². The summed E-state index contributed by atoms with van der Waals surface area (Å²) in [5, 5.41) is 19.2. The average Bonchev–Trinajstić information content (AvgIpc) is 3.33. The number of fused-ring (bicyclic) bond motifs is 1. The monoisotopic (exact) mass is 717 g/mol. The molecule has 6 N–H and O–H groups in total. The van der Waals surface area contributed by atoms with Gasteiger partial charge >= 0.3 is 12.1 Å². The van der Waals surface area contributed by atoms with E-state index in [4.69, 9.17) is 9.47 Å². The number of aromatic nitrogens is 2. The highest BCUT2D eigenvalue weighted by atomic mass is 16.6. The van der Waals surface area contributed by atoms with E-state index in [-0.39, 0.29) is 42.2 Å². The number of cyclic esters (lactones) is 1. The van der Waals surface area contributed by atoms with Crippen molar-refractivity contribution in [1.82, 2.24) is 26.1 Å². The third kappa shape index (κ3) is 11.9. The van der Waals surface area contributed by atoms with Gasteiger partial charge in [0.2, 0.25) is 11.9 Å². The molecule has 52 heavy (non-hydrogen) atoms. The van der Waals surface area contributed by atoms with E-state index in [9.17, 15) is 24.3 Å². The van der Waals surface area contributed by atoms with E-state index in [1.165, 1.54) is 6.20 Å². The van der Waals surface area contributed by atoms with Crippen molar-refractivity contribution in [1.29, 1.82) is 0 Å². The molecule has 3 aromatic rings. The maximum atomic E-state index is 13.3. The summed E-state index contributed by atoms with van der Waals surface area (Å²) in [6, 6.07) is 13.8. The van der Waals surface area contributed by atoms with Crippen molar-refractivity contribution in [3.63, 3.8) is 0 Å². The normalized spacial score (nSPS) is 13.7. The SMILES string of the molecule is CC(C)(C)OC(=O)NCCCCCCCCCC(=O)NNC(=O)c1cnc(Nc2ccc3c(c2)C(C)(C)OC3=O)nc1N[C@H](CO)c1ccccc1. The van der Waals surface area contributed by atoms with Gasteiger partial charge < -0.3 is 30.5 Å². The Hall–Kier alpha value is -5.24. The molecule has 1 aromatic heterocycles. The first-order chi connectivity index (χ1) is 24.8. The second kappa shape index (κ2) is 18.3. The van der Waals surface area contributed by atoms with Gasteiger partial charge in [0.1, 0.15) is 22.6 Å². The fourth-order valence-electron chi connectivity index (χ4n) is 5.63. The number of hydrazine groups is 1. The van der Waals surface area contributed by atoms with Gasteiger partial charge in [0.15, 0.2) is 0 Å². The summed E-state index contributed by atoms with van der Waals surface area (Å²) in [5.41, 5.74) is 6.27. The van der Waals surface area contributed by atoms with Crippen molar-refractivity contribution in [2.75, 3.05) is 23.8 Å². The van der Waals surface area contributed by atoms with Crippen LogP contribution in [0.5, 0.6) is 0 Å². The second-order valence-corrected chi connectivity index (χ2v) is 14.2. The zero-order valence-corrected chi connectivity index (χ0v) is 30.6. The molecule has 0 spiro atoms. The van der Waals surface area contributed by atoms with Crippen LogP contribution in [0, 0.1) is 0 Å². The number of unbranched alkanes of at least 4 members (excludes halogenated alkanes) is 6. The second-order valence-electron chi connectivity index (χ2n) is 14.2. The number of alkyl carbamates (subject to hydrolysis) is 1.